The minimum absolute atomic E-state index is 0.0678. The number of aromatic nitrogens is 1. The second-order valence-corrected chi connectivity index (χ2v) is 5.00. The predicted molar refractivity (Wildman–Crippen MR) is 84.6 cm³/mol. The van der Waals surface area contributed by atoms with E-state index in [0.29, 0.717) is 21.7 Å². The van der Waals surface area contributed by atoms with Crippen LogP contribution in [0.3, 0.4) is 0 Å². The minimum Gasteiger partial charge on any atom is -0.454 e. The van der Waals surface area contributed by atoms with Crippen LogP contribution in [0.25, 0.3) is 10.9 Å². The molecule has 0 N–H and O–H groups in total. The summed E-state index contributed by atoms with van der Waals surface area (Å²) in [7, 11) is 0. The fourth-order valence-electron chi connectivity index (χ4n) is 2.12. The SMILES string of the molecule is N#Cc1cc([N+](=O)[O-])ccc1Oc1ccc(Cl)c2cccnc12. The van der Waals surface area contributed by atoms with Crippen LogP contribution in [-0.2, 0) is 0 Å². The minimum atomic E-state index is -0.566. The number of non-ortho nitro benzene ring substituents is 1. The van der Waals surface area contributed by atoms with Crippen molar-refractivity contribution >= 4 is 28.2 Å². The average Bonchev–Trinajstić information content (AvgIpc) is 2.57. The number of nitrogens with zero attached hydrogens (tertiary/aromatic N) is 3. The highest BCUT2D eigenvalue weighted by molar-refractivity contribution is 6.35. The van der Waals surface area contributed by atoms with Crippen molar-refractivity contribution < 1.29 is 9.66 Å². The van der Waals surface area contributed by atoms with Gasteiger partial charge in [-0.15, -0.1) is 0 Å². The first-order chi connectivity index (χ1) is 11.1. The summed E-state index contributed by atoms with van der Waals surface area (Å²) in [6, 6.07) is 12.6. The molecule has 0 radical (unpaired) electrons. The van der Waals surface area contributed by atoms with E-state index in [4.69, 9.17) is 16.3 Å². The summed E-state index contributed by atoms with van der Waals surface area (Å²) in [6.45, 7) is 0. The molecule has 0 saturated heterocycles. The molecule has 23 heavy (non-hydrogen) atoms. The normalized spacial score (nSPS) is 10.3. The number of rotatable bonds is 3. The molecule has 0 aliphatic heterocycles. The van der Waals surface area contributed by atoms with Gasteiger partial charge in [0.15, 0.2) is 5.75 Å². The molecular weight excluding hydrogens is 318 g/mol. The molecule has 0 aliphatic carbocycles. The first kappa shape index (κ1) is 14.8. The third-order valence-corrected chi connectivity index (χ3v) is 3.52. The van der Waals surface area contributed by atoms with Crippen LogP contribution in [0.5, 0.6) is 11.5 Å². The third-order valence-electron chi connectivity index (χ3n) is 3.19. The van der Waals surface area contributed by atoms with Gasteiger partial charge in [-0.3, -0.25) is 15.1 Å². The number of ether oxygens (including phenoxy) is 1. The molecule has 0 atom stereocenters. The molecule has 0 fully saturated rings. The van der Waals surface area contributed by atoms with E-state index in [1.807, 2.05) is 6.07 Å². The van der Waals surface area contributed by atoms with Gasteiger partial charge in [0.05, 0.1) is 9.95 Å². The Balaban J connectivity index is 2.08. The van der Waals surface area contributed by atoms with E-state index in [-0.39, 0.29) is 17.0 Å². The van der Waals surface area contributed by atoms with Crippen LogP contribution >= 0.6 is 11.6 Å². The molecule has 0 saturated carbocycles. The number of hydrogen-bond acceptors (Lipinski definition) is 5. The van der Waals surface area contributed by atoms with E-state index in [1.165, 1.54) is 18.2 Å². The van der Waals surface area contributed by atoms with Crippen molar-refractivity contribution in [3.8, 4) is 17.6 Å². The molecule has 2 aromatic carbocycles. The highest BCUT2D eigenvalue weighted by Crippen LogP contribution is 2.34. The Hall–Kier alpha value is -3.17. The van der Waals surface area contributed by atoms with Gasteiger partial charge < -0.3 is 4.74 Å². The maximum Gasteiger partial charge on any atom is 0.271 e. The molecule has 0 spiro atoms. The van der Waals surface area contributed by atoms with Crippen molar-refractivity contribution in [3.05, 3.63) is 69.4 Å². The van der Waals surface area contributed by atoms with Crippen LogP contribution in [0.2, 0.25) is 5.02 Å². The highest BCUT2D eigenvalue weighted by Gasteiger charge is 2.14. The van der Waals surface area contributed by atoms with Crippen molar-refractivity contribution in [2.75, 3.05) is 0 Å². The van der Waals surface area contributed by atoms with Gasteiger partial charge in [-0.05, 0) is 30.3 Å². The average molecular weight is 326 g/mol. The summed E-state index contributed by atoms with van der Waals surface area (Å²) < 4.78 is 5.74. The van der Waals surface area contributed by atoms with E-state index in [1.54, 1.807) is 30.5 Å². The number of pyridine rings is 1. The van der Waals surface area contributed by atoms with Gasteiger partial charge in [-0.2, -0.15) is 5.26 Å². The van der Waals surface area contributed by atoms with Crippen molar-refractivity contribution in [2.45, 2.75) is 0 Å². The summed E-state index contributed by atoms with van der Waals surface area (Å²) in [5.41, 5.74) is 0.438. The van der Waals surface area contributed by atoms with E-state index in [2.05, 4.69) is 4.98 Å². The Kier molecular flexibility index (Phi) is 3.79. The number of nitro benzene ring substituents is 1. The number of hydrogen-bond donors (Lipinski definition) is 0. The number of nitriles is 1. The molecule has 3 aromatic rings. The van der Waals surface area contributed by atoms with Crippen LogP contribution in [0.4, 0.5) is 5.69 Å². The van der Waals surface area contributed by atoms with Crippen LogP contribution in [-0.4, -0.2) is 9.91 Å². The Morgan fingerprint density at radius 3 is 2.74 bits per heavy atom. The lowest BCUT2D eigenvalue weighted by Gasteiger charge is -2.10. The van der Waals surface area contributed by atoms with Gasteiger partial charge in [0.25, 0.3) is 5.69 Å². The number of halogens is 1. The number of benzene rings is 2. The highest BCUT2D eigenvalue weighted by atomic mass is 35.5. The Morgan fingerprint density at radius 1 is 1.22 bits per heavy atom. The molecule has 0 unspecified atom stereocenters. The predicted octanol–water partition coefficient (Wildman–Crippen LogP) is 4.46. The lowest BCUT2D eigenvalue weighted by molar-refractivity contribution is -0.384. The molecule has 7 heteroatoms. The topological polar surface area (TPSA) is 89.0 Å². The first-order valence-corrected chi connectivity index (χ1v) is 6.87. The van der Waals surface area contributed by atoms with E-state index < -0.39 is 4.92 Å². The molecule has 1 heterocycles. The van der Waals surface area contributed by atoms with Gasteiger partial charge in [-0.1, -0.05) is 11.6 Å². The monoisotopic (exact) mass is 325 g/mol. The zero-order valence-electron chi connectivity index (χ0n) is 11.6. The van der Waals surface area contributed by atoms with E-state index in [0.717, 1.165) is 0 Å². The molecule has 6 nitrogen and oxygen atoms in total. The van der Waals surface area contributed by atoms with Crippen LogP contribution in [0.15, 0.2) is 48.7 Å². The number of nitro groups is 1. The van der Waals surface area contributed by atoms with Crippen molar-refractivity contribution in [3.63, 3.8) is 0 Å². The fraction of sp³-hybridized carbons (Fsp3) is 0. The fourth-order valence-corrected chi connectivity index (χ4v) is 2.34. The van der Waals surface area contributed by atoms with E-state index in [9.17, 15) is 15.4 Å². The van der Waals surface area contributed by atoms with Gasteiger partial charge in [0, 0.05) is 23.7 Å². The Morgan fingerprint density at radius 2 is 2.00 bits per heavy atom. The zero-order chi connectivity index (χ0) is 16.4. The Bertz CT molecular complexity index is 966. The van der Waals surface area contributed by atoms with Crippen molar-refractivity contribution in [1.82, 2.24) is 4.98 Å². The molecule has 0 amide bonds. The summed E-state index contributed by atoms with van der Waals surface area (Å²) >= 11 is 6.12. The zero-order valence-corrected chi connectivity index (χ0v) is 12.3. The molecule has 0 aliphatic rings. The summed E-state index contributed by atoms with van der Waals surface area (Å²) in [6.07, 6.45) is 1.60. The maximum atomic E-state index is 10.8. The third kappa shape index (κ3) is 2.78. The van der Waals surface area contributed by atoms with Crippen molar-refractivity contribution in [1.29, 1.82) is 5.26 Å². The largest absolute Gasteiger partial charge is 0.454 e. The van der Waals surface area contributed by atoms with Crippen LogP contribution in [0, 0.1) is 21.4 Å². The maximum absolute atomic E-state index is 10.8. The summed E-state index contributed by atoms with van der Waals surface area (Å²) in [5.74, 6) is 0.628. The lowest BCUT2D eigenvalue weighted by Crippen LogP contribution is -1.93. The van der Waals surface area contributed by atoms with E-state index >= 15 is 0 Å². The van der Waals surface area contributed by atoms with Gasteiger partial charge in [0.1, 0.15) is 22.9 Å². The first-order valence-electron chi connectivity index (χ1n) is 6.50. The standard InChI is InChI=1S/C16H8ClN3O3/c17-13-4-6-15(16-12(13)2-1-7-19-16)23-14-5-3-11(20(21)22)8-10(14)9-18/h1-8H. The molecule has 3 rings (SSSR count). The summed E-state index contributed by atoms with van der Waals surface area (Å²) in [5, 5.41) is 21.2. The number of fused-ring (bicyclic) bond motifs is 1. The molecular formula is C16H8ClN3O3. The van der Waals surface area contributed by atoms with Gasteiger partial charge in [0.2, 0.25) is 0 Å². The Labute approximate surface area is 135 Å². The van der Waals surface area contributed by atoms with Crippen LogP contribution < -0.4 is 4.74 Å². The quantitative estimate of drug-likeness (QED) is 0.524. The van der Waals surface area contributed by atoms with Crippen molar-refractivity contribution in [2.24, 2.45) is 0 Å². The van der Waals surface area contributed by atoms with Gasteiger partial charge in [-0.25, -0.2) is 0 Å². The second-order valence-electron chi connectivity index (χ2n) is 4.60. The molecule has 0 bridgehead atoms. The lowest BCUT2D eigenvalue weighted by atomic mass is 10.2. The molecule has 1 aromatic heterocycles. The molecule has 112 valence electrons. The summed E-state index contributed by atoms with van der Waals surface area (Å²) in [4.78, 5) is 14.5. The smallest absolute Gasteiger partial charge is 0.271 e. The van der Waals surface area contributed by atoms with Crippen LogP contribution in [0.1, 0.15) is 5.56 Å². The second kappa shape index (κ2) is 5.91. The van der Waals surface area contributed by atoms with Gasteiger partial charge >= 0.3 is 0 Å².